The molecule has 1 N–H and O–H groups in total. The molecule has 1 aliphatic rings. The summed E-state index contributed by atoms with van der Waals surface area (Å²) in [6.07, 6.45) is 8.77. The van der Waals surface area contributed by atoms with Gasteiger partial charge in [-0.15, -0.1) is 0 Å². The number of amides is 1. The van der Waals surface area contributed by atoms with Crippen LogP contribution in [0.5, 0.6) is 5.75 Å². The number of nitrogens with one attached hydrogen (secondary N) is 1. The van der Waals surface area contributed by atoms with E-state index in [-0.39, 0.29) is 6.09 Å². The van der Waals surface area contributed by atoms with Crippen molar-refractivity contribution in [3.63, 3.8) is 0 Å². The smallest absolute Gasteiger partial charge is 0.407 e. The van der Waals surface area contributed by atoms with Gasteiger partial charge < -0.3 is 14.8 Å². The quantitative estimate of drug-likeness (QED) is 0.798. The van der Waals surface area contributed by atoms with Crippen LogP contribution in [0.4, 0.5) is 4.79 Å². The van der Waals surface area contributed by atoms with Crippen molar-refractivity contribution in [1.82, 2.24) is 5.32 Å². The number of methoxy groups -OCH3 is 1. The van der Waals surface area contributed by atoms with Gasteiger partial charge in [0.25, 0.3) is 0 Å². The maximum atomic E-state index is 11.7. The highest BCUT2D eigenvalue weighted by Crippen LogP contribution is 2.24. The van der Waals surface area contributed by atoms with Crippen LogP contribution in [0.25, 0.3) is 0 Å². The van der Waals surface area contributed by atoms with Gasteiger partial charge in [-0.05, 0) is 30.0 Å². The largest absolute Gasteiger partial charge is 0.497 e. The predicted molar refractivity (Wildman–Crippen MR) is 87.0 cm³/mol. The minimum Gasteiger partial charge on any atom is -0.497 e. The zero-order valence-corrected chi connectivity index (χ0v) is 13.5. The molecule has 0 heterocycles. The van der Waals surface area contributed by atoms with Crippen LogP contribution < -0.4 is 10.1 Å². The Morgan fingerprint density at radius 3 is 2.45 bits per heavy atom. The Morgan fingerprint density at radius 2 is 1.82 bits per heavy atom. The highest BCUT2D eigenvalue weighted by molar-refractivity contribution is 5.67. The Hall–Kier alpha value is -1.71. The highest BCUT2D eigenvalue weighted by Gasteiger charge is 2.12. The van der Waals surface area contributed by atoms with Gasteiger partial charge in [-0.25, -0.2) is 4.79 Å². The zero-order chi connectivity index (χ0) is 15.6. The summed E-state index contributed by atoms with van der Waals surface area (Å²) in [5.41, 5.74) is 0.958. The van der Waals surface area contributed by atoms with Crippen LogP contribution in [0, 0.1) is 5.92 Å². The predicted octanol–water partition coefficient (Wildman–Crippen LogP) is 4.28. The molecule has 4 nitrogen and oxygen atoms in total. The topological polar surface area (TPSA) is 47.6 Å². The lowest BCUT2D eigenvalue weighted by Crippen LogP contribution is -2.26. The summed E-state index contributed by atoms with van der Waals surface area (Å²) < 4.78 is 10.3. The summed E-state index contributed by atoms with van der Waals surface area (Å²) >= 11 is 0. The van der Waals surface area contributed by atoms with Crippen molar-refractivity contribution in [1.29, 1.82) is 0 Å². The van der Waals surface area contributed by atoms with Crippen LogP contribution in [0.3, 0.4) is 0 Å². The van der Waals surface area contributed by atoms with Crippen molar-refractivity contribution in [3.8, 4) is 5.75 Å². The summed E-state index contributed by atoms with van der Waals surface area (Å²) in [7, 11) is 1.63. The molecule has 0 bridgehead atoms. The lowest BCUT2D eigenvalue weighted by atomic mass is 9.97. The molecule has 0 saturated heterocycles. The molecule has 0 spiro atoms. The average molecular weight is 305 g/mol. The maximum Gasteiger partial charge on any atom is 0.407 e. The van der Waals surface area contributed by atoms with E-state index in [2.05, 4.69) is 5.32 Å². The minimum atomic E-state index is -0.329. The molecule has 122 valence electrons. The van der Waals surface area contributed by atoms with Gasteiger partial charge in [-0.2, -0.15) is 0 Å². The molecule has 1 amide bonds. The number of hydrogen-bond donors (Lipinski definition) is 1. The van der Waals surface area contributed by atoms with E-state index in [0.29, 0.717) is 13.2 Å². The van der Waals surface area contributed by atoms with E-state index in [9.17, 15) is 4.79 Å². The van der Waals surface area contributed by atoms with Crippen LogP contribution in [0.2, 0.25) is 0 Å². The van der Waals surface area contributed by atoms with E-state index in [4.69, 9.17) is 9.47 Å². The summed E-state index contributed by atoms with van der Waals surface area (Å²) in [4.78, 5) is 11.7. The summed E-state index contributed by atoms with van der Waals surface area (Å²) in [5.74, 6) is 1.57. The van der Waals surface area contributed by atoms with Crippen LogP contribution in [0.15, 0.2) is 24.3 Å². The highest BCUT2D eigenvalue weighted by atomic mass is 16.5. The lowest BCUT2D eigenvalue weighted by molar-refractivity contribution is 0.139. The number of ether oxygens (including phenoxy) is 2. The van der Waals surface area contributed by atoms with Crippen LogP contribution in [0.1, 0.15) is 50.5 Å². The minimum absolute atomic E-state index is 0.291. The Bertz CT molecular complexity index is 436. The number of carbonyl (C=O) groups excluding carboxylic acids is 1. The van der Waals surface area contributed by atoms with E-state index in [0.717, 1.165) is 23.7 Å². The Morgan fingerprint density at radius 1 is 1.14 bits per heavy atom. The molecule has 1 aromatic rings. The van der Waals surface area contributed by atoms with Gasteiger partial charge in [0.2, 0.25) is 0 Å². The van der Waals surface area contributed by atoms with Gasteiger partial charge in [0.15, 0.2) is 0 Å². The second-order valence-corrected chi connectivity index (χ2v) is 6.00. The van der Waals surface area contributed by atoms with Gasteiger partial charge in [0.05, 0.1) is 7.11 Å². The number of rotatable bonds is 6. The number of alkyl carbamates (subject to hydrolysis) is 1. The molecule has 2 rings (SSSR count). The molecular weight excluding hydrogens is 278 g/mol. The van der Waals surface area contributed by atoms with Gasteiger partial charge in [0.1, 0.15) is 12.4 Å². The molecule has 1 aromatic carbocycles. The van der Waals surface area contributed by atoms with Crippen LogP contribution >= 0.6 is 0 Å². The van der Waals surface area contributed by atoms with Gasteiger partial charge in [-0.3, -0.25) is 0 Å². The van der Waals surface area contributed by atoms with Gasteiger partial charge in [0, 0.05) is 6.54 Å². The lowest BCUT2D eigenvalue weighted by Gasteiger charge is -2.14. The molecule has 22 heavy (non-hydrogen) atoms. The van der Waals surface area contributed by atoms with E-state index in [1.165, 1.54) is 38.5 Å². The number of hydrogen-bond acceptors (Lipinski definition) is 3. The third kappa shape index (κ3) is 5.96. The fourth-order valence-corrected chi connectivity index (χ4v) is 2.95. The fraction of sp³-hybridized carbons (Fsp3) is 0.611. The normalized spacial score (nSPS) is 15.9. The molecule has 0 aromatic heterocycles. The van der Waals surface area contributed by atoms with Crippen molar-refractivity contribution in [3.05, 3.63) is 29.8 Å². The molecule has 0 atom stereocenters. The van der Waals surface area contributed by atoms with Crippen molar-refractivity contribution >= 4 is 6.09 Å². The second-order valence-electron chi connectivity index (χ2n) is 6.00. The SMILES string of the molecule is COc1ccc(COC(=O)NCCC2CCCCCC2)cc1. The zero-order valence-electron chi connectivity index (χ0n) is 13.5. The summed E-state index contributed by atoms with van der Waals surface area (Å²) in [5, 5.41) is 2.86. The van der Waals surface area contributed by atoms with Crippen molar-refractivity contribution in [2.24, 2.45) is 5.92 Å². The first-order chi connectivity index (χ1) is 10.8. The van der Waals surface area contributed by atoms with Crippen molar-refractivity contribution < 1.29 is 14.3 Å². The fourth-order valence-electron chi connectivity index (χ4n) is 2.95. The first kappa shape index (κ1) is 16.7. The third-order valence-electron chi connectivity index (χ3n) is 4.33. The molecule has 1 saturated carbocycles. The monoisotopic (exact) mass is 305 g/mol. The number of benzene rings is 1. The average Bonchev–Trinajstić information content (AvgIpc) is 2.82. The molecular formula is C18H27NO3. The Labute approximate surface area is 133 Å². The Kier molecular flexibility index (Phi) is 7.07. The van der Waals surface area contributed by atoms with E-state index in [1.807, 2.05) is 24.3 Å². The van der Waals surface area contributed by atoms with Gasteiger partial charge >= 0.3 is 6.09 Å². The molecule has 0 radical (unpaired) electrons. The maximum absolute atomic E-state index is 11.7. The van der Waals surface area contributed by atoms with Crippen LogP contribution in [-0.2, 0) is 11.3 Å². The van der Waals surface area contributed by atoms with Crippen molar-refractivity contribution in [2.45, 2.75) is 51.6 Å². The van der Waals surface area contributed by atoms with Crippen molar-refractivity contribution in [2.75, 3.05) is 13.7 Å². The first-order valence-electron chi connectivity index (χ1n) is 8.31. The van der Waals surface area contributed by atoms with E-state index in [1.54, 1.807) is 7.11 Å². The van der Waals surface area contributed by atoms with E-state index < -0.39 is 0 Å². The molecule has 0 aliphatic heterocycles. The number of carbonyl (C=O) groups is 1. The molecule has 1 aliphatic carbocycles. The first-order valence-corrected chi connectivity index (χ1v) is 8.31. The second kappa shape index (κ2) is 9.34. The Balaban J connectivity index is 1.60. The van der Waals surface area contributed by atoms with Gasteiger partial charge in [-0.1, -0.05) is 50.7 Å². The molecule has 0 unspecified atom stereocenters. The standard InChI is InChI=1S/C18H27NO3/c1-21-17-10-8-16(9-11-17)14-22-18(20)19-13-12-15-6-4-2-3-5-7-15/h8-11,15H,2-7,12-14H2,1H3,(H,19,20). The molecule has 1 fully saturated rings. The summed E-state index contributed by atoms with van der Waals surface area (Å²) in [6.45, 7) is 1.01. The summed E-state index contributed by atoms with van der Waals surface area (Å²) in [6, 6.07) is 7.53. The van der Waals surface area contributed by atoms with Crippen LogP contribution in [-0.4, -0.2) is 19.7 Å². The third-order valence-corrected chi connectivity index (χ3v) is 4.33. The van der Waals surface area contributed by atoms with E-state index >= 15 is 0 Å². The molecule has 4 heteroatoms.